The molecule has 0 radical (unpaired) electrons. The Kier molecular flexibility index (Phi) is 11.0. The van der Waals surface area contributed by atoms with Crippen LogP contribution in [0.5, 0.6) is 17.2 Å². The maximum atomic E-state index is 12.6. The molecule has 11 nitrogen and oxygen atoms in total. The lowest BCUT2D eigenvalue weighted by Gasteiger charge is -2.28. The third-order valence-electron chi connectivity index (χ3n) is 6.25. The van der Waals surface area contributed by atoms with Crippen LogP contribution in [0.15, 0.2) is 83.1 Å². The Morgan fingerprint density at radius 2 is 1.77 bits per heavy atom. The lowest BCUT2D eigenvalue weighted by molar-refractivity contribution is -0.139. The highest BCUT2D eigenvalue weighted by atomic mass is 127. The highest BCUT2D eigenvalue weighted by molar-refractivity contribution is 14.1. The van der Waals surface area contributed by atoms with Crippen molar-refractivity contribution in [1.29, 1.82) is 0 Å². The van der Waals surface area contributed by atoms with Crippen molar-refractivity contribution < 1.29 is 33.3 Å². The van der Waals surface area contributed by atoms with E-state index in [-0.39, 0.29) is 18.8 Å². The molecule has 1 heterocycles. The zero-order chi connectivity index (χ0) is 30.8. The molecule has 1 atom stereocenters. The van der Waals surface area contributed by atoms with E-state index < -0.39 is 23.9 Å². The van der Waals surface area contributed by atoms with Crippen molar-refractivity contribution in [2.75, 3.05) is 20.3 Å². The third kappa shape index (κ3) is 8.70. The van der Waals surface area contributed by atoms with Gasteiger partial charge in [0, 0.05) is 9.27 Å². The van der Waals surface area contributed by atoms with Crippen LogP contribution in [0.3, 0.4) is 0 Å². The second kappa shape index (κ2) is 15.0. The first kappa shape index (κ1) is 31.3. The van der Waals surface area contributed by atoms with Crippen molar-refractivity contribution in [2.24, 2.45) is 5.10 Å². The van der Waals surface area contributed by atoms with Crippen molar-refractivity contribution in [3.05, 3.63) is 98.3 Å². The van der Waals surface area contributed by atoms with Crippen molar-refractivity contribution in [3.8, 4) is 17.2 Å². The van der Waals surface area contributed by atoms with E-state index in [1.807, 2.05) is 48.5 Å². The summed E-state index contributed by atoms with van der Waals surface area (Å²) in [5.74, 6) is 0.306. The number of ether oxygens (including phenoxy) is 4. The van der Waals surface area contributed by atoms with Crippen molar-refractivity contribution in [3.63, 3.8) is 0 Å². The van der Waals surface area contributed by atoms with Gasteiger partial charge in [-0.05, 0) is 102 Å². The molecule has 0 saturated heterocycles. The van der Waals surface area contributed by atoms with E-state index in [9.17, 15) is 14.4 Å². The number of hydrazone groups is 1. The fourth-order valence-electron chi connectivity index (χ4n) is 4.16. The molecule has 0 aromatic heterocycles. The second-order valence-electron chi connectivity index (χ2n) is 9.27. The summed E-state index contributed by atoms with van der Waals surface area (Å²) in [7, 11) is 1.45. The van der Waals surface area contributed by atoms with Crippen LogP contribution in [0.4, 0.5) is 4.79 Å². The molecule has 0 unspecified atom stereocenters. The van der Waals surface area contributed by atoms with Gasteiger partial charge in [0.2, 0.25) is 0 Å². The van der Waals surface area contributed by atoms with E-state index in [0.29, 0.717) is 29.4 Å². The monoisotopic (exact) mass is 698 g/mol. The number of nitrogens with one attached hydrogen (secondary N) is 3. The van der Waals surface area contributed by atoms with Crippen LogP contribution in [0.2, 0.25) is 0 Å². The molecule has 3 aromatic carbocycles. The molecule has 0 saturated carbocycles. The number of halogens is 1. The summed E-state index contributed by atoms with van der Waals surface area (Å²) in [6, 6.07) is 19.1. The molecule has 1 aliphatic rings. The standard InChI is InChI=1S/C31H31IN4O7/c1-4-41-30(38)28-19(2)34-31(39)35-29(28)22-9-14-25(26(15-22)40-3)43-18-27(37)36-33-16-20-7-12-24(13-8-20)42-17-21-5-10-23(32)11-6-21/h5-16,29H,4,17-18H2,1-3H3,(H,36,37)(H2,34,35,39)/b33-16-/t29-/m1/s1. The summed E-state index contributed by atoms with van der Waals surface area (Å²) in [6.07, 6.45) is 1.51. The normalized spacial score (nSPS) is 14.5. The number of carbonyl (C=O) groups excluding carboxylic acids is 3. The molecule has 0 fully saturated rings. The van der Waals surface area contributed by atoms with Crippen LogP contribution in [0.1, 0.15) is 36.6 Å². The molecule has 1 aliphatic heterocycles. The minimum atomic E-state index is -0.762. The van der Waals surface area contributed by atoms with Crippen LogP contribution in [0.25, 0.3) is 0 Å². The van der Waals surface area contributed by atoms with E-state index >= 15 is 0 Å². The van der Waals surface area contributed by atoms with Gasteiger partial charge in [0.05, 0.1) is 31.5 Å². The SMILES string of the molecule is CCOC(=O)C1=C(C)NC(=O)N[C@@H]1c1ccc(OCC(=O)N/N=C\c2ccc(OCc3ccc(I)cc3)cc2)c(OC)c1. The molecule has 3 amide bonds. The number of methoxy groups -OCH3 is 1. The van der Waals surface area contributed by atoms with Crippen molar-refractivity contribution >= 4 is 46.7 Å². The van der Waals surface area contributed by atoms with Gasteiger partial charge >= 0.3 is 12.0 Å². The first-order valence-corrected chi connectivity index (χ1v) is 14.4. The highest BCUT2D eigenvalue weighted by Gasteiger charge is 2.32. The van der Waals surface area contributed by atoms with Gasteiger partial charge in [-0.25, -0.2) is 15.0 Å². The lowest BCUT2D eigenvalue weighted by Crippen LogP contribution is -2.45. The molecule has 0 aliphatic carbocycles. The van der Waals surface area contributed by atoms with Gasteiger partial charge < -0.3 is 29.6 Å². The number of hydrogen-bond acceptors (Lipinski definition) is 8. The average Bonchev–Trinajstić information content (AvgIpc) is 3.00. The Morgan fingerprint density at radius 3 is 2.47 bits per heavy atom. The molecule has 4 rings (SSSR count). The summed E-state index contributed by atoms with van der Waals surface area (Å²) >= 11 is 2.26. The lowest BCUT2D eigenvalue weighted by atomic mass is 9.95. The Bertz CT molecular complexity index is 1520. The number of rotatable bonds is 12. The van der Waals surface area contributed by atoms with Gasteiger partial charge in [-0.2, -0.15) is 5.10 Å². The smallest absolute Gasteiger partial charge is 0.338 e. The van der Waals surface area contributed by atoms with Crippen LogP contribution in [-0.2, 0) is 20.9 Å². The van der Waals surface area contributed by atoms with E-state index in [0.717, 1.165) is 16.9 Å². The van der Waals surface area contributed by atoms with Crippen molar-refractivity contribution in [2.45, 2.75) is 26.5 Å². The Labute approximate surface area is 262 Å². The fraction of sp³-hybridized carbons (Fsp3) is 0.226. The topological polar surface area (TPSA) is 137 Å². The van der Waals surface area contributed by atoms with Crippen LogP contribution in [0, 0.1) is 3.57 Å². The van der Waals surface area contributed by atoms with Gasteiger partial charge in [0.15, 0.2) is 18.1 Å². The molecule has 0 bridgehead atoms. The summed E-state index contributed by atoms with van der Waals surface area (Å²) in [5, 5.41) is 9.31. The van der Waals surface area contributed by atoms with Crippen LogP contribution in [-0.4, -0.2) is 44.4 Å². The molecule has 0 spiro atoms. The van der Waals surface area contributed by atoms with Gasteiger partial charge in [-0.1, -0.05) is 18.2 Å². The predicted octanol–water partition coefficient (Wildman–Crippen LogP) is 4.60. The molecule has 43 heavy (non-hydrogen) atoms. The number of urea groups is 1. The van der Waals surface area contributed by atoms with Crippen LogP contribution >= 0.6 is 22.6 Å². The van der Waals surface area contributed by atoms with Gasteiger partial charge in [-0.15, -0.1) is 0 Å². The number of benzene rings is 3. The van der Waals surface area contributed by atoms with E-state index in [1.165, 1.54) is 16.9 Å². The maximum absolute atomic E-state index is 12.6. The van der Waals surface area contributed by atoms with Gasteiger partial charge in [0.25, 0.3) is 5.91 Å². The first-order chi connectivity index (χ1) is 20.8. The van der Waals surface area contributed by atoms with E-state index in [4.69, 9.17) is 18.9 Å². The summed E-state index contributed by atoms with van der Waals surface area (Å²) in [5.41, 5.74) is 5.52. The Balaban J connectivity index is 1.31. The quantitative estimate of drug-likeness (QED) is 0.109. The molecule has 224 valence electrons. The number of esters is 1. The molecule has 12 heteroatoms. The number of nitrogens with zero attached hydrogens (tertiary/aromatic N) is 1. The minimum absolute atomic E-state index is 0.189. The van der Waals surface area contributed by atoms with E-state index in [1.54, 1.807) is 32.0 Å². The largest absolute Gasteiger partial charge is 0.493 e. The number of allylic oxidation sites excluding steroid dienone is 1. The zero-order valence-corrected chi connectivity index (χ0v) is 26.0. The molecular formula is C31H31IN4O7. The molecule has 3 aromatic rings. The van der Waals surface area contributed by atoms with Crippen LogP contribution < -0.4 is 30.3 Å². The first-order valence-electron chi connectivity index (χ1n) is 13.3. The molecular weight excluding hydrogens is 667 g/mol. The van der Waals surface area contributed by atoms with E-state index in [2.05, 4.69) is 43.8 Å². The zero-order valence-electron chi connectivity index (χ0n) is 23.8. The predicted molar refractivity (Wildman–Crippen MR) is 168 cm³/mol. The summed E-state index contributed by atoms with van der Waals surface area (Å²) in [4.78, 5) is 37.1. The second-order valence-corrected chi connectivity index (χ2v) is 10.5. The molecule has 3 N–H and O–H groups in total. The van der Waals surface area contributed by atoms with Crippen molar-refractivity contribution in [1.82, 2.24) is 16.1 Å². The fourth-order valence-corrected chi connectivity index (χ4v) is 4.52. The number of carbonyl (C=O) groups is 3. The number of hydrogen-bond donors (Lipinski definition) is 3. The average molecular weight is 699 g/mol. The third-order valence-corrected chi connectivity index (χ3v) is 6.97. The summed E-state index contributed by atoms with van der Waals surface area (Å²) in [6.45, 7) is 3.66. The summed E-state index contributed by atoms with van der Waals surface area (Å²) < 4.78 is 23.2. The van der Waals surface area contributed by atoms with Gasteiger partial charge in [0.1, 0.15) is 12.4 Å². The maximum Gasteiger partial charge on any atom is 0.338 e. The minimum Gasteiger partial charge on any atom is -0.493 e. The Hall–Kier alpha value is -4.59. The van der Waals surface area contributed by atoms with Gasteiger partial charge in [-0.3, -0.25) is 4.79 Å². The Morgan fingerprint density at radius 1 is 1.02 bits per heavy atom. The highest BCUT2D eigenvalue weighted by Crippen LogP contribution is 2.34. The number of amides is 3.